The second kappa shape index (κ2) is 17.8. The molecule has 0 unspecified atom stereocenters. The molecule has 0 aliphatic rings. The molecular weight excluding hydrogens is 490 g/mol. The lowest BCUT2D eigenvalue weighted by Gasteiger charge is -2.07. The molecule has 0 aliphatic heterocycles. The second-order valence-corrected chi connectivity index (χ2v) is 5.26. The van der Waals surface area contributed by atoms with Crippen LogP contribution in [0.4, 0.5) is 0 Å². The van der Waals surface area contributed by atoms with Gasteiger partial charge in [-0.05, 0) is 19.4 Å². The van der Waals surface area contributed by atoms with Crippen molar-refractivity contribution in [3.05, 3.63) is 0 Å². The van der Waals surface area contributed by atoms with Crippen molar-refractivity contribution < 1.29 is 19.0 Å². The molecule has 0 aromatic carbocycles. The van der Waals surface area contributed by atoms with E-state index in [-0.39, 0.29) is 5.91 Å². The van der Waals surface area contributed by atoms with Gasteiger partial charge in [-0.1, -0.05) is 45.2 Å². The number of alkyl halides is 2. The number of carbonyl (C=O) groups excluding carboxylic acids is 1. The van der Waals surface area contributed by atoms with E-state index in [1.165, 1.54) is 0 Å². The maximum atomic E-state index is 10.9. The summed E-state index contributed by atoms with van der Waals surface area (Å²) in [5.41, 5.74) is 0. The number of hydrogen-bond acceptors (Lipinski definition) is 5. The minimum atomic E-state index is 0.0754. The first-order chi connectivity index (χ1) is 9.81. The Balaban J connectivity index is 2.97. The normalized spacial score (nSPS) is 10.7. The van der Waals surface area contributed by atoms with Gasteiger partial charge >= 0.3 is 0 Å². The molecule has 0 aromatic heterocycles. The molecular formula is C12H24I2N2O4. The number of nitrogens with one attached hydrogen (secondary N) is 2. The largest absolute Gasteiger partial charge is 0.379 e. The number of rotatable bonds is 15. The summed E-state index contributed by atoms with van der Waals surface area (Å²) in [7, 11) is 0. The van der Waals surface area contributed by atoms with Crippen LogP contribution < -0.4 is 10.6 Å². The number of carbonyl (C=O) groups is 1. The van der Waals surface area contributed by atoms with E-state index in [2.05, 4.69) is 33.2 Å². The van der Waals surface area contributed by atoms with E-state index in [9.17, 15) is 4.79 Å². The van der Waals surface area contributed by atoms with Gasteiger partial charge in [0.25, 0.3) is 0 Å². The summed E-state index contributed by atoms with van der Waals surface area (Å²) in [5, 5.41) is 5.95. The lowest BCUT2D eigenvalue weighted by molar-refractivity contribution is -0.118. The van der Waals surface area contributed by atoms with E-state index >= 15 is 0 Å². The second-order valence-electron chi connectivity index (χ2n) is 3.87. The molecule has 0 aliphatic carbocycles. The Morgan fingerprint density at radius 3 is 2.15 bits per heavy atom. The van der Waals surface area contributed by atoms with Crippen molar-refractivity contribution in [1.82, 2.24) is 10.6 Å². The van der Waals surface area contributed by atoms with E-state index < -0.39 is 0 Å². The predicted molar refractivity (Wildman–Crippen MR) is 95.6 cm³/mol. The zero-order chi connectivity index (χ0) is 14.9. The summed E-state index contributed by atoms with van der Waals surface area (Å²) in [4.78, 5) is 10.9. The van der Waals surface area contributed by atoms with E-state index in [0.29, 0.717) is 42.1 Å². The highest BCUT2D eigenvalue weighted by molar-refractivity contribution is 14.1. The predicted octanol–water partition coefficient (Wildman–Crippen LogP) is 1.31. The molecule has 0 radical (unpaired) electrons. The first kappa shape index (κ1) is 20.8. The third kappa shape index (κ3) is 16.8. The Kier molecular flexibility index (Phi) is 18.5. The fourth-order valence-electron chi connectivity index (χ4n) is 1.25. The molecule has 1 amide bonds. The van der Waals surface area contributed by atoms with Crippen LogP contribution in [0.3, 0.4) is 0 Å². The number of ether oxygens (including phenoxy) is 3. The van der Waals surface area contributed by atoms with Crippen LogP contribution in [0.5, 0.6) is 0 Å². The van der Waals surface area contributed by atoms with Crippen molar-refractivity contribution in [3.63, 3.8) is 0 Å². The Morgan fingerprint density at radius 2 is 1.55 bits per heavy atom. The molecule has 20 heavy (non-hydrogen) atoms. The van der Waals surface area contributed by atoms with Crippen LogP contribution >= 0.6 is 45.2 Å². The van der Waals surface area contributed by atoms with Crippen molar-refractivity contribution in [2.75, 3.05) is 55.3 Å². The van der Waals surface area contributed by atoms with Crippen LogP contribution in [0.15, 0.2) is 0 Å². The van der Waals surface area contributed by atoms with E-state index in [1.807, 2.05) is 22.6 Å². The SMILES string of the molecule is O=C(CI)NCCCOCCOCCCNCOCI. The smallest absolute Gasteiger partial charge is 0.229 e. The molecule has 120 valence electrons. The summed E-state index contributed by atoms with van der Waals surface area (Å²) in [6.45, 7) is 4.77. The molecule has 0 saturated carbocycles. The highest BCUT2D eigenvalue weighted by Gasteiger charge is 1.96. The number of hydrogen-bond donors (Lipinski definition) is 2. The Bertz CT molecular complexity index is 224. The first-order valence-corrected chi connectivity index (χ1v) is 9.69. The minimum absolute atomic E-state index is 0.0754. The topological polar surface area (TPSA) is 68.8 Å². The van der Waals surface area contributed by atoms with Crippen molar-refractivity contribution in [3.8, 4) is 0 Å². The molecule has 6 nitrogen and oxygen atoms in total. The molecule has 0 rings (SSSR count). The average molecular weight is 514 g/mol. The third-order valence-corrected chi connectivity index (χ3v) is 3.34. The van der Waals surface area contributed by atoms with Gasteiger partial charge in [-0.2, -0.15) is 0 Å². The van der Waals surface area contributed by atoms with Crippen molar-refractivity contribution >= 4 is 51.1 Å². The fraction of sp³-hybridized carbons (Fsp3) is 0.917. The summed E-state index contributed by atoms with van der Waals surface area (Å²) in [5.74, 6) is 0.0754. The first-order valence-electron chi connectivity index (χ1n) is 6.63. The molecule has 0 atom stereocenters. The highest BCUT2D eigenvalue weighted by atomic mass is 127. The van der Waals surface area contributed by atoms with Gasteiger partial charge in [0.15, 0.2) is 0 Å². The average Bonchev–Trinajstić information content (AvgIpc) is 2.47. The Morgan fingerprint density at radius 1 is 0.900 bits per heavy atom. The number of amides is 1. The Hall–Kier alpha value is 0.770. The summed E-state index contributed by atoms with van der Waals surface area (Å²) >= 11 is 4.21. The summed E-state index contributed by atoms with van der Waals surface area (Å²) < 4.78 is 17.2. The van der Waals surface area contributed by atoms with Crippen LogP contribution in [-0.4, -0.2) is 61.2 Å². The monoisotopic (exact) mass is 514 g/mol. The van der Waals surface area contributed by atoms with Crippen LogP contribution in [0.2, 0.25) is 0 Å². The van der Waals surface area contributed by atoms with E-state index in [1.54, 1.807) is 0 Å². The highest BCUT2D eigenvalue weighted by Crippen LogP contribution is 1.86. The van der Waals surface area contributed by atoms with Crippen LogP contribution in [0.25, 0.3) is 0 Å². The molecule has 0 spiro atoms. The van der Waals surface area contributed by atoms with Crippen LogP contribution in [0, 0.1) is 0 Å². The van der Waals surface area contributed by atoms with Gasteiger partial charge in [-0.3, -0.25) is 10.1 Å². The molecule has 2 N–H and O–H groups in total. The quantitative estimate of drug-likeness (QED) is 0.149. The molecule has 0 fully saturated rings. The Labute approximate surface area is 148 Å². The zero-order valence-corrected chi connectivity index (χ0v) is 16.0. The molecule has 0 bridgehead atoms. The third-order valence-electron chi connectivity index (χ3n) is 2.20. The van der Waals surface area contributed by atoms with E-state index in [4.69, 9.17) is 14.2 Å². The lowest BCUT2D eigenvalue weighted by atomic mass is 10.4. The van der Waals surface area contributed by atoms with Crippen molar-refractivity contribution in [1.29, 1.82) is 0 Å². The maximum Gasteiger partial charge on any atom is 0.229 e. The maximum absolute atomic E-state index is 10.9. The van der Waals surface area contributed by atoms with Gasteiger partial charge in [0.1, 0.15) is 0 Å². The standard InChI is InChI=1S/C12H24I2N2O4/c13-9-12(17)16-4-2-6-19-8-7-18-5-1-3-15-11-20-10-14/h15H,1-11H2,(H,16,17). The summed E-state index contributed by atoms with van der Waals surface area (Å²) in [6, 6.07) is 0. The van der Waals surface area contributed by atoms with Crippen LogP contribution in [-0.2, 0) is 19.0 Å². The van der Waals surface area contributed by atoms with E-state index in [0.717, 1.165) is 26.0 Å². The van der Waals surface area contributed by atoms with Crippen molar-refractivity contribution in [2.24, 2.45) is 0 Å². The summed E-state index contributed by atoms with van der Waals surface area (Å²) in [6.07, 6.45) is 1.80. The number of halogens is 2. The fourth-order valence-corrected chi connectivity index (χ4v) is 1.74. The molecule has 0 saturated heterocycles. The molecule has 0 aromatic rings. The minimum Gasteiger partial charge on any atom is -0.379 e. The van der Waals surface area contributed by atoms with Gasteiger partial charge in [-0.25, -0.2) is 0 Å². The zero-order valence-electron chi connectivity index (χ0n) is 11.7. The van der Waals surface area contributed by atoms with Gasteiger partial charge in [-0.15, -0.1) is 0 Å². The van der Waals surface area contributed by atoms with Crippen LogP contribution in [0.1, 0.15) is 12.8 Å². The molecule has 0 heterocycles. The van der Waals surface area contributed by atoms with Gasteiger partial charge in [0.2, 0.25) is 5.91 Å². The van der Waals surface area contributed by atoms with Gasteiger partial charge in [0.05, 0.1) is 29.0 Å². The van der Waals surface area contributed by atoms with Gasteiger partial charge < -0.3 is 19.5 Å². The molecule has 8 heteroatoms. The van der Waals surface area contributed by atoms with Crippen molar-refractivity contribution in [2.45, 2.75) is 12.8 Å². The van der Waals surface area contributed by atoms with Gasteiger partial charge in [0, 0.05) is 19.8 Å². The lowest BCUT2D eigenvalue weighted by Crippen LogP contribution is -2.26.